The number of rotatable bonds is 2. The van der Waals surface area contributed by atoms with Gasteiger partial charge in [0.1, 0.15) is 12.0 Å². The number of alkyl halides is 3. The number of hydrogen-bond acceptors (Lipinski definition) is 2. The van der Waals surface area contributed by atoms with Crippen LogP contribution >= 0.6 is 0 Å². The van der Waals surface area contributed by atoms with Gasteiger partial charge in [0.25, 0.3) is 0 Å². The van der Waals surface area contributed by atoms with Crippen molar-refractivity contribution in [3.05, 3.63) is 30.3 Å². The van der Waals surface area contributed by atoms with E-state index in [1.165, 1.54) is 11.9 Å². The van der Waals surface area contributed by atoms with Crippen molar-refractivity contribution < 1.29 is 22.8 Å². The van der Waals surface area contributed by atoms with Crippen molar-refractivity contribution in [1.29, 1.82) is 0 Å². The quantitative estimate of drug-likeness (QED) is 0.850. The highest BCUT2D eigenvalue weighted by atomic mass is 19.4. The molecule has 7 heteroatoms. The summed E-state index contributed by atoms with van der Waals surface area (Å²) in [4.78, 5) is 25.3. The summed E-state index contributed by atoms with van der Waals surface area (Å²) < 4.78 is 37.7. The van der Waals surface area contributed by atoms with Gasteiger partial charge in [0.2, 0.25) is 11.8 Å². The summed E-state index contributed by atoms with van der Waals surface area (Å²) in [6.07, 6.45) is -4.87. The Morgan fingerprint density at radius 2 is 1.86 bits per heavy atom. The molecule has 2 rings (SSSR count). The summed E-state index contributed by atoms with van der Waals surface area (Å²) in [5.74, 6) is -2.44. The van der Waals surface area contributed by atoms with Crippen molar-refractivity contribution in [2.45, 2.75) is 25.1 Å². The van der Waals surface area contributed by atoms with E-state index < -0.39 is 30.0 Å². The van der Waals surface area contributed by atoms with Gasteiger partial charge >= 0.3 is 6.18 Å². The fourth-order valence-corrected chi connectivity index (χ4v) is 2.30. The van der Waals surface area contributed by atoms with Crippen molar-refractivity contribution in [1.82, 2.24) is 5.32 Å². The van der Waals surface area contributed by atoms with Gasteiger partial charge in [0.05, 0.1) is 0 Å². The van der Waals surface area contributed by atoms with Crippen molar-refractivity contribution in [2.24, 2.45) is 5.92 Å². The third-order valence-corrected chi connectivity index (χ3v) is 3.54. The molecule has 1 aromatic carbocycles. The molecule has 1 N–H and O–H groups in total. The zero-order chi connectivity index (χ0) is 15.6. The summed E-state index contributed by atoms with van der Waals surface area (Å²) in [6, 6.07) is 6.77. The van der Waals surface area contributed by atoms with Crippen LogP contribution in [0.5, 0.6) is 0 Å². The van der Waals surface area contributed by atoms with E-state index in [9.17, 15) is 22.8 Å². The molecular formula is C14H15F3N2O2. The zero-order valence-electron chi connectivity index (χ0n) is 11.4. The molecule has 1 heterocycles. The predicted octanol–water partition coefficient (Wildman–Crippen LogP) is 2.11. The van der Waals surface area contributed by atoms with Gasteiger partial charge in [-0.3, -0.25) is 9.59 Å². The monoisotopic (exact) mass is 300 g/mol. The predicted molar refractivity (Wildman–Crippen MR) is 70.6 cm³/mol. The molecule has 0 radical (unpaired) electrons. The fourth-order valence-electron chi connectivity index (χ4n) is 2.30. The lowest BCUT2D eigenvalue weighted by atomic mass is 9.92. The Hall–Kier alpha value is -2.05. The smallest absolute Gasteiger partial charge is 0.344 e. The van der Waals surface area contributed by atoms with Crippen molar-refractivity contribution >= 4 is 17.5 Å². The summed E-state index contributed by atoms with van der Waals surface area (Å²) in [6.45, 7) is 0. The van der Waals surface area contributed by atoms with Crippen molar-refractivity contribution in [3.63, 3.8) is 0 Å². The molecule has 0 bridgehead atoms. The topological polar surface area (TPSA) is 49.4 Å². The third kappa shape index (κ3) is 3.34. The van der Waals surface area contributed by atoms with Gasteiger partial charge < -0.3 is 10.2 Å². The van der Waals surface area contributed by atoms with Crippen LogP contribution in [0.1, 0.15) is 12.8 Å². The highest BCUT2D eigenvalue weighted by molar-refractivity contribution is 6.07. The molecule has 1 fully saturated rings. The van der Waals surface area contributed by atoms with Crippen molar-refractivity contribution in [3.8, 4) is 0 Å². The maximum Gasteiger partial charge on any atom is 0.408 e. The molecule has 4 nitrogen and oxygen atoms in total. The third-order valence-electron chi connectivity index (χ3n) is 3.54. The molecule has 0 spiro atoms. The van der Waals surface area contributed by atoms with E-state index in [1.54, 1.807) is 30.3 Å². The Morgan fingerprint density at radius 3 is 2.38 bits per heavy atom. The van der Waals surface area contributed by atoms with Gasteiger partial charge in [-0.1, -0.05) is 18.2 Å². The largest absolute Gasteiger partial charge is 0.408 e. The minimum absolute atomic E-state index is 0.105. The number of halogens is 3. The number of benzene rings is 1. The van der Waals surface area contributed by atoms with Gasteiger partial charge in [-0.15, -0.1) is 0 Å². The molecule has 2 atom stereocenters. The van der Waals surface area contributed by atoms with Crippen LogP contribution in [0, 0.1) is 5.92 Å². The molecule has 0 unspecified atom stereocenters. The Kier molecular flexibility index (Phi) is 4.20. The summed E-state index contributed by atoms with van der Waals surface area (Å²) in [5.41, 5.74) is 0.591. The van der Waals surface area contributed by atoms with Crippen LogP contribution < -0.4 is 10.2 Å². The molecule has 0 aliphatic carbocycles. The number of anilines is 1. The molecule has 0 aromatic heterocycles. The maximum atomic E-state index is 12.6. The van der Waals surface area contributed by atoms with E-state index in [0.29, 0.717) is 5.69 Å². The highest BCUT2D eigenvalue weighted by Crippen LogP contribution is 2.29. The molecule has 114 valence electrons. The first-order valence-electron chi connectivity index (χ1n) is 6.50. The lowest BCUT2D eigenvalue weighted by molar-refractivity contribution is -0.171. The number of carbonyl (C=O) groups excluding carboxylic acids is 2. The van der Waals surface area contributed by atoms with Crippen LogP contribution in [0.2, 0.25) is 0 Å². The fraction of sp³-hybridized carbons (Fsp3) is 0.429. The summed E-state index contributed by atoms with van der Waals surface area (Å²) in [7, 11) is 1.50. The average molecular weight is 300 g/mol. The van der Waals surface area contributed by atoms with E-state index in [-0.39, 0.29) is 12.8 Å². The van der Waals surface area contributed by atoms with Crippen LogP contribution in [0.3, 0.4) is 0 Å². The molecule has 0 saturated carbocycles. The highest BCUT2D eigenvalue weighted by Gasteiger charge is 2.46. The Morgan fingerprint density at radius 1 is 1.24 bits per heavy atom. The van der Waals surface area contributed by atoms with Gasteiger partial charge in [0, 0.05) is 12.7 Å². The molecule has 1 aromatic rings. The first kappa shape index (κ1) is 15.3. The van der Waals surface area contributed by atoms with Crippen LogP contribution in [0.15, 0.2) is 30.3 Å². The van der Waals surface area contributed by atoms with Crippen LogP contribution in [0.25, 0.3) is 0 Å². The number of nitrogens with one attached hydrogen (secondary N) is 1. The van der Waals surface area contributed by atoms with Crippen LogP contribution in [-0.4, -0.2) is 31.1 Å². The number of nitrogens with zero attached hydrogens (tertiary/aromatic N) is 1. The summed E-state index contributed by atoms with van der Waals surface area (Å²) >= 11 is 0. The van der Waals surface area contributed by atoms with Gasteiger partial charge in [0.15, 0.2) is 0 Å². The molecule has 1 aliphatic heterocycles. The molecule has 21 heavy (non-hydrogen) atoms. The first-order valence-corrected chi connectivity index (χ1v) is 6.50. The van der Waals surface area contributed by atoms with Crippen LogP contribution in [0.4, 0.5) is 18.9 Å². The normalized spacial score (nSPS) is 22.6. The van der Waals surface area contributed by atoms with E-state index >= 15 is 0 Å². The van der Waals surface area contributed by atoms with Gasteiger partial charge in [-0.2, -0.15) is 13.2 Å². The standard InChI is InChI=1S/C14H15F3N2O2/c1-19(9-5-3-2-4-6-9)13(21)10-7-8-11(14(15,16)17)18-12(10)20/h2-6,10-11H,7-8H2,1H3,(H,18,20)/t10-,11-/m1/s1. The lowest BCUT2D eigenvalue weighted by Gasteiger charge is -2.31. The second-order valence-electron chi connectivity index (χ2n) is 4.97. The first-order chi connectivity index (χ1) is 9.80. The number of hydrogen-bond donors (Lipinski definition) is 1. The zero-order valence-corrected chi connectivity index (χ0v) is 11.4. The molecule has 2 amide bonds. The van der Waals surface area contributed by atoms with Gasteiger partial charge in [-0.25, -0.2) is 0 Å². The Balaban J connectivity index is 2.06. The number of carbonyl (C=O) groups is 2. The van der Waals surface area contributed by atoms with Crippen LogP contribution in [-0.2, 0) is 9.59 Å². The second kappa shape index (κ2) is 5.75. The van der Waals surface area contributed by atoms with Gasteiger partial charge in [-0.05, 0) is 25.0 Å². The Bertz CT molecular complexity index is 531. The van der Waals surface area contributed by atoms with E-state index in [1.807, 2.05) is 5.32 Å². The maximum absolute atomic E-state index is 12.6. The number of para-hydroxylation sites is 1. The minimum Gasteiger partial charge on any atom is -0.344 e. The minimum atomic E-state index is -4.48. The molecular weight excluding hydrogens is 285 g/mol. The lowest BCUT2D eigenvalue weighted by Crippen LogP contribution is -2.54. The van der Waals surface area contributed by atoms with Crippen molar-refractivity contribution in [2.75, 3.05) is 11.9 Å². The molecule has 1 aliphatic rings. The summed E-state index contributed by atoms with van der Waals surface area (Å²) in [5, 5.41) is 1.88. The average Bonchev–Trinajstić information content (AvgIpc) is 2.45. The number of amides is 2. The molecule has 1 saturated heterocycles. The second-order valence-corrected chi connectivity index (χ2v) is 4.97. The Labute approximate surface area is 119 Å². The van der Waals surface area contributed by atoms with E-state index in [2.05, 4.69) is 0 Å². The van der Waals surface area contributed by atoms with E-state index in [0.717, 1.165) is 0 Å². The SMILES string of the molecule is CN(C(=O)[C@@H]1CC[C@H](C(F)(F)F)NC1=O)c1ccccc1. The number of piperidine rings is 1. The van der Waals surface area contributed by atoms with E-state index in [4.69, 9.17) is 0 Å².